The van der Waals surface area contributed by atoms with Gasteiger partial charge in [-0.3, -0.25) is 0 Å². The molecule has 0 saturated heterocycles. The molecule has 2 rings (SSSR count). The van der Waals surface area contributed by atoms with Crippen molar-refractivity contribution < 1.29 is 0 Å². The monoisotopic (exact) mass is 194 g/mol. The summed E-state index contributed by atoms with van der Waals surface area (Å²) in [5, 5.41) is 0. The van der Waals surface area contributed by atoms with Crippen LogP contribution in [0.5, 0.6) is 0 Å². The zero-order valence-electron chi connectivity index (χ0n) is 9.97. The summed E-state index contributed by atoms with van der Waals surface area (Å²) in [6.45, 7) is 4.79. The van der Waals surface area contributed by atoms with Gasteiger partial charge in [0.05, 0.1) is 0 Å². The van der Waals surface area contributed by atoms with Crippen LogP contribution in [0.25, 0.3) is 0 Å². The molecule has 0 aromatic heterocycles. The number of hydrogen-bond donors (Lipinski definition) is 0. The third-order valence-corrected chi connectivity index (χ3v) is 4.50. The normalized spacial score (nSPS) is 34.5. The van der Waals surface area contributed by atoms with E-state index >= 15 is 0 Å². The summed E-state index contributed by atoms with van der Waals surface area (Å²) in [6.07, 6.45) is 12.3. The van der Waals surface area contributed by atoms with Crippen LogP contribution in [0.4, 0.5) is 0 Å². The number of hydrogen-bond acceptors (Lipinski definition) is 0. The van der Waals surface area contributed by atoms with Gasteiger partial charge in [-0.05, 0) is 36.5 Å². The highest BCUT2D eigenvalue weighted by atomic mass is 14.4. The second-order valence-corrected chi connectivity index (χ2v) is 6.03. The SMILES string of the molecule is CC(C)CC1CCCC1C1CCCC1. The van der Waals surface area contributed by atoms with E-state index < -0.39 is 0 Å². The minimum absolute atomic E-state index is 0.919. The lowest BCUT2D eigenvalue weighted by atomic mass is 9.79. The zero-order chi connectivity index (χ0) is 9.97. The fourth-order valence-corrected chi connectivity index (χ4v) is 3.97. The second kappa shape index (κ2) is 4.68. The second-order valence-electron chi connectivity index (χ2n) is 6.03. The third-order valence-electron chi connectivity index (χ3n) is 4.50. The van der Waals surface area contributed by atoms with Crippen LogP contribution in [-0.2, 0) is 0 Å². The molecule has 0 nitrogen and oxygen atoms in total. The molecule has 0 heterocycles. The third kappa shape index (κ3) is 2.32. The summed E-state index contributed by atoms with van der Waals surface area (Å²) in [5.74, 6) is 4.27. The van der Waals surface area contributed by atoms with Gasteiger partial charge in [-0.1, -0.05) is 52.4 Å². The van der Waals surface area contributed by atoms with Gasteiger partial charge in [0.2, 0.25) is 0 Å². The molecule has 0 N–H and O–H groups in total. The van der Waals surface area contributed by atoms with Crippen LogP contribution in [0.15, 0.2) is 0 Å². The molecule has 2 aliphatic carbocycles. The van der Waals surface area contributed by atoms with Gasteiger partial charge in [-0.2, -0.15) is 0 Å². The molecule has 0 aromatic carbocycles. The van der Waals surface area contributed by atoms with E-state index in [-0.39, 0.29) is 0 Å². The minimum atomic E-state index is 0.919. The van der Waals surface area contributed by atoms with Crippen LogP contribution < -0.4 is 0 Å². The molecule has 0 aliphatic heterocycles. The molecule has 0 aromatic rings. The van der Waals surface area contributed by atoms with Crippen molar-refractivity contribution in [3.63, 3.8) is 0 Å². The van der Waals surface area contributed by atoms with Crippen molar-refractivity contribution in [2.45, 2.75) is 65.2 Å². The van der Waals surface area contributed by atoms with Crippen molar-refractivity contribution in [1.29, 1.82) is 0 Å². The Bertz CT molecular complexity index is 165. The van der Waals surface area contributed by atoms with Gasteiger partial charge in [0.15, 0.2) is 0 Å². The molecule has 0 radical (unpaired) electrons. The first-order valence-electron chi connectivity index (χ1n) is 6.77. The zero-order valence-corrected chi connectivity index (χ0v) is 9.97. The fourth-order valence-electron chi connectivity index (χ4n) is 3.97. The summed E-state index contributed by atoms with van der Waals surface area (Å²) in [5.41, 5.74) is 0. The number of rotatable bonds is 3. The van der Waals surface area contributed by atoms with Gasteiger partial charge < -0.3 is 0 Å². The molecule has 0 spiro atoms. The molecular formula is C14H26. The topological polar surface area (TPSA) is 0 Å². The average Bonchev–Trinajstić information content (AvgIpc) is 2.70. The van der Waals surface area contributed by atoms with E-state index in [1.165, 1.54) is 25.7 Å². The maximum atomic E-state index is 2.39. The molecule has 2 atom stereocenters. The molecule has 0 heteroatoms. The van der Waals surface area contributed by atoms with Crippen LogP contribution in [0.1, 0.15) is 65.2 Å². The highest BCUT2D eigenvalue weighted by Crippen LogP contribution is 2.45. The van der Waals surface area contributed by atoms with E-state index in [1.54, 1.807) is 25.7 Å². The summed E-state index contributed by atoms with van der Waals surface area (Å²) in [7, 11) is 0. The van der Waals surface area contributed by atoms with E-state index in [9.17, 15) is 0 Å². The van der Waals surface area contributed by atoms with Gasteiger partial charge in [-0.15, -0.1) is 0 Å². The molecule has 2 saturated carbocycles. The Morgan fingerprint density at radius 2 is 1.64 bits per heavy atom. The first-order valence-corrected chi connectivity index (χ1v) is 6.77. The first-order chi connectivity index (χ1) is 6.77. The van der Waals surface area contributed by atoms with E-state index in [4.69, 9.17) is 0 Å². The fraction of sp³-hybridized carbons (Fsp3) is 1.00. The molecule has 2 unspecified atom stereocenters. The molecule has 2 aliphatic rings. The Hall–Kier alpha value is 0. The van der Waals surface area contributed by atoms with Crippen LogP contribution in [0.2, 0.25) is 0 Å². The van der Waals surface area contributed by atoms with Gasteiger partial charge >= 0.3 is 0 Å². The van der Waals surface area contributed by atoms with Gasteiger partial charge in [-0.25, -0.2) is 0 Å². The Morgan fingerprint density at radius 1 is 0.929 bits per heavy atom. The molecule has 82 valence electrons. The lowest BCUT2D eigenvalue weighted by Crippen LogP contribution is -2.18. The lowest BCUT2D eigenvalue weighted by molar-refractivity contribution is 0.235. The van der Waals surface area contributed by atoms with Crippen molar-refractivity contribution in [2.75, 3.05) is 0 Å². The molecule has 0 bridgehead atoms. The molecular weight excluding hydrogens is 168 g/mol. The average molecular weight is 194 g/mol. The highest BCUT2D eigenvalue weighted by molar-refractivity contribution is 4.85. The largest absolute Gasteiger partial charge is 0.0628 e. The lowest BCUT2D eigenvalue weighted by Gasteiger charge is -2.26. The predicted molar refractivity (Wildman–Crippen MR) is 62.2 cm³/mol. The quantitative estimate of drug-likeness (QED) is 0.614. The minimum Gasteiger partial charge on any atom is -0.0628 e. The van der Waals surface area contributed by atoms with E-state index in [2.05, 4.69) is 13.8 Å². The van der Waals surface area contributed by atoms with Crippen LogP contribution in [0.3, 0.4) is 0 Å². The highest BCUT2D eigenvalue weighted by Gasteiger charge is 2.34. The Balaban J connectivity index is 1.89. The maximum absolute atomic E-state index is 2.39. The van der Waals surface area contributed by atoms with Crippen molar-refractivity contribution in [3.8, 4) is 0 Å². The van der Waals surface area contributed by atoms with Gasteiger partial charge in [0.1, 0.15) is 0 Å². The van der Waals surface area contributed by atoms with Crippen LogP contribution in [-0.4, -0.2) is 0 Å². The molecule has 14 heavy (non-hydrogen) atoms. The van der Waals surface area contributed by atoms with Crippen LogP contribution >= 0.6 is 0 Å². The van der Waals surface area contributed by atoms with Gasteiger partial charge in [0.25, 0.3) is 0 Å². The molecule has 0 amide bonds. The van der Waals surface area contributed by atoms with Crippen molar-refractivity contribution in [1.82, 2.24) is 0 Å². The Labute approximate surface area is 89.5 Å². The standard InChI is InChI=1S/C14H26/c1-11(2)10-13-8-5-9-14(13)12-6-3-4-7-12/h11-14H,3-10H2,1-2H3. The van der Waals surface area contributed by atoms with Gasteiger partial charge in [0, 0.05) is 0 Å². The van der Waals surface area contributed by atoms with E-state index in [0.717, 1.165) is 23.7 Å². The smallest absolute Gasteiger partial charge is 0.0357 e. The van der Waals surface area contributed by atoms with E-state index in [0.29, 0.717) is 0 Å². The summed E-state index contributed by atoms with van der Waals surface area (Å²) >= 11 is 0. The van der Waals surface area contributed by atoms with Crippen molar-refractivity contribution in [3.05, 3.63) is 0 Å². The predicted octanol–water partition coefficient (Wildman–Crippen LogP) is 4.64. The van der Waals surface area contributed by atoms with Crippen LogP contribution in [0, 0.1) is 23.7 Å². The first kappa shape index (κ1) is 10.5. The summed E-state index contributed by atoms with van der Waals surface area (Å²) in [6, 6.07) is 0. The van der Waals surface area contributed by atoms with Crippen molar-refractivity contribution in [2.24, 2.45) is 23.7 Å². The molecule has 2 fully saturated rings. The Morgan fingerprint density at radius 3 is 2.29 bits per heavy atom. The Kier molecular flexibility index (Phi) is 3.52. The summed E-state index contributed by atoms with van der Waals surface area (Å²) in [4.78, 5) is 0. The summed E-state index contributed by atoms with van der Waals surface area (Å²) < 4.78 is 0. The van der Waals surface area contributed by atoms with Crippen molar-refractivity contribution >= 4 is 0 Å². The maximum Gasteiger partial charge on any atom is -0.0357 e. The van der Waals surface area contributed by atoms with E-state index in [1.807, 2.05) is 0 Å².